The van der Waals surface area contributed by atoms with E-state index >= 15 is 0 Å². The Hall–Kier alpha value is -2.28. The number of hydrogen-bond donors (Lipinski definition) is 2. The number of benzene rings is 1. The summed E-state index contributed by atoms with van der Waals surface area (Å²) in [6.07, 6.45) is 6.17. The zero-order valence-corrected chi connectivity index (χ0v) is 15.3. The molecule has 0 bridgehead atoms. The molecule has 1 fully saturated rings. The maximum atomic E-state index is 12.1. The summed E-state index contributed by atoms with van der Waals surface area (Å²) in [4.78, 5) is 17.6. The number of amides is 1. The molecule has 1 aliphatic carbocycles. The Bertz CT molecular complexity index is 685. The van der Waals surface area contributed by atoms with Crippen molar-refractivity contribution < 1.29 is 24.3 Å². The van der Waals surface area contributed by atoms with Crippen LogP contribution < -0.4 is 15.0 Å². The number of nitrogens with one attached hydrogen (secondary N) is 1. The van der Waals surface area contributed by atoms with Gasteiger partial charge in [-0.15, -0.1) is 0 Å². The van der Waals surface area contributed by atoms with Crippen molar-refractivity contribution >= 4 is 11.6 Å². The number of nitrogens with zero attached hydrogens (tertiary/aromatic N) is 1. The van der Waals surface area contributed by atoms with Gasteiger partial charge < -0.3 is 14.3 Å². The van der Waals surface area contributed by atoms with Crippen LogP contribution in [-0.2, 0) is 9.63 Å². The summed E-state index contributed by atoms with van der Waals surface area (Å²) in [5, 5.41) is 13.2. The predicted molar refractivity (Wildman–Crippen MR) is 95.7 cm³/mol. The van der Waals surface area contributed by atoms with Gasteiger partial charge in [-0.05, 0) is 50.3 Å². The molecule has 2 N–H and O–H groups in total. The number of rotatable bonds is 7. The third-order valence-electron chi connectivity index (χ3n) is 5.05. The van der Waals surface area contributed by atoms with E-state index in [0.717, 1.165) is 24.8 Å². The van der Waals surface area contributed by atoms with Gasteiger partial charge >= 0.3 is 0 Å². The Morgan fingerprint density at radius 3 is 2.81 bits per heavy atom. The van der Waals surface area contributed by atoms with Gasteiger partial charge in [0.1, 0.15) is 0 Å². The van der Waals surface area contributed by atoms with E-state index in [2.05, 4.69) is 5.16 Å². The summed E-state index contributed by atoms with van der Waals surface area (Å²) in [6, 6.07) is 5.60. The molecule has 7 heteroatoms. The van der Waals surface area contributed by atoms with Crippen molar-refractivity contribution in [2.24, 2.45) is 5.16 Å². The third kappa shape index (κ3) is 3.62. The Labute approximate surface area is 153 Å². The summed E-state index contributed by atoms with van der Waals surface area (Å²) >= 11 is 0. The van der Waals surface area contributed by atoms with Gasteiger partial charge in [0, 0.05) is 12.0 Å². The first-order valence-corrected chi connectivity index (χ1v) is 9.16. The van der Waals surface area contributed by atoms with Crippen LogP contribution in [0.2, 0.25) is 0 Å². The number of carbonyl (C=O) groups is 1. The highest BCUT2D eigenvalue weighted by Crippen LogP contribution is 2.36. The minimum absolute atomic E-state index is 0.209. The van der Waals surface area contributed by atoms with Gasteiger partial charge in [-0.1, -0.05) is 18.5 Å². The highest BCUT2D eigenvalue weighted by atomic mass is 16.7. The normalized spacial score (nSPS) is 22.7. The van der Waals surface area contributed by atoms with Crippen molar-refractivity contribution in [2.45, 2.75) is 63.6 Å². The molecule has 1 unspecified atom stereocenters. The third-order valence-corrected chi connectivity index (χ3v) is 5.05. The number of hydroxylamine groups is 1. The zero-order valence-electron chi connectivity index (χ0n) is 15.3. The van der Waals surface area contributed by atoms with E-state index in [1.807, 2.05) is 25.1 Å². The molecule has 1 saturated carbocycles. The fraction of sp³-hybridized carbons (Fsp3) is 0.579. The molecule has 0 radical (unpaired) electrons. The molecule has 0 aromatic heterocycles. The zero-order chi connectivity index (χ0) is 18.6. The molecular formula is C19H26N2O5. The van der Waals surface area contributed by atoms with Crippen molar-refractivity contribution in [3.05, 3.63) is 23.8 Å². The lowest BCUT2D eigenvalue weighted by Crippen LogP contribution is -2.46. The maximum absolute atomic E-state index is 12.1. The molecule has 1 aromatic rings. The largest absolute Gasteiger partial charge is 0.493 e. The van der Waals surface area contributed by atoms with E-state index in [1.165, 1.54) is 12.8 Å². The lowest BCUT2D eigenvalue weighted by Gasteiger charge is -2.23. The first kappa shape index (κ1) is 18.5. The molecule has 0 spiro atoms. The lowest BCUT2D eigenvalue weighted by molar-refractivity contribution is -0.153. The van der Waals surface area contributed by atoms with Gasteiger partial charge in [0.05, 0.1) is 18.9 Å². The van der Waals surface area contributed by atoms with Crippen molar-refractivity contribution in [3.8, 4) is 11.5 Å². The maximum Gasteiger partial charge on any atom is 0.290 e. The van der Waals surface area contributed by atoms with Crippen molar-refractivity contribution in [1.82, 2.24) is 5.48 Å². The summed E-state index contributed by atoms with van der Waals surface area (Å²) in [6.45, 7) is 1.95. The smallest absolute Gasteiger partial charge is 0.290 e. The second-order valence-electron chi connectivity index (χ2n) is 6.88. The Balaban J connectivity index is 1.81. The first-order chi connectivity index (χ1) is 12.6. The number of hydrogen-bond acceptors (Lipinski definition) is 6. The van der Waals surface area contributed by atoms with Crippen LogP contribution in [0.25, 0.3) is 0 Å². The second-order valence-corrected chi connectivity index (χ2v) is 6.88. The van der Waals surface area contributed by atoms with Crippen molar-refractivity contribution in [1.29, 1.82) is 0 Å². The number of oxime groups is 1. The molecule has 1 heterocycles. The van der Waals surface area contributed by atoms with Crippen LogP contribution in [0.4, 0.5) is 0 Å². The van der Waals surface area contributed by atoms with Crippen LogP contribution in [0.5, 0.6) is 11.5 Å². The Kier molecular flexibility index (Phi) is 5.66. The standard InChI is InChI=1S/C19H26N2O5/c1-3-10-19(18(22)20-23)12-15(21-26-19)13-8-9-16(24-2)17(11-13)25-14-6-4-5-7-14/h8-9,11,14,23H,3-7,10,12H2,1-2H3,(H,20,22). The van der Waals surface area contributed by atoms with Crippen LogP contribution in [0.3, 0.4) is 0 Å². The van der Waals surface area contributed by atoms with Gasteiger partial charge in [0.2, 0.25) is 5.60 Å². The average Bonchev–Trinajstić information content (AvgIpc) is 3.32. The average molecular weight is 362 g/mol. The van der Waals surface area contributed by atoms with Crippen molar-refractivity contribution in [3.63, 3.8) is 0 Å². The molecule has 26 heavy (non-hydrogen) atoms. The number of ether oxygens (including phenoxy) is 2. The molecule has 2 aliphatic rings. The van der Waals surface area contributed by atoms with Crippen LogP contribution in [0.15, 0.2) is 23.4 Å². The minimum atomic E-state index is -1.16. The second kappa shape index (κ2) is 7.95. The lowest BCUT2D eigenvalue weighted by atomic mass is 9.89. The van der Waals surface area contributed by atoms with E-state index < -0.39 is 11.5 Å². The molecular weight excluding hydrogens is 336 g/mol. The Morgan fingerprint density at radius 1 is 1.38 bits per heavy atom. The van der Waals surface area contributed by atoms with E-state index in [9.17, 15) is 4.79 Å². The molecule has 0 saturated heterocycles. The van der Waals surface area contributed by atoms with Crippen molar-refractivity contribution in [2.75, 3.05) is 7.11 Å². The van der Waals surface area contributed by atoms with Gasteiger partial charge in [-0.25, -0.2) is 5.48 Å². The van der Waals surface area contributed by atoms with Crippen LogP contribution in [-0.4, -0.2) is 35.6 Å². The molecule has 1 amide bonds. The quantitative estimate of drug-likeness (QED) is 0.574. The summed E-state index contributed by atoms with van der Waals surface area (Å²) < 4.78 is 11.5. The van der Waals surface area contributed by atoms with Gasteiger partial charge in [-0.2, -0.15) is 0 Å². The molecule has 3 rings (SSSR count). The van der Waals surface area contributed by atoms with Gasteiger partial charge in [0.15, 0.2) is 11.5 Å². The van der Waals surface area contributed by atoms with Crippen LogP contribution in [0.1, 0.15) is 57.4 Å². The fourth-order valence-electron chi connectivity index (χ4n) is 3.64. The number of carbonyl (C=O) groups excluding carboxylic acids is 1. The monoisotopic (exact) mass is 362 g/mol. The summed E-state index contributed by atoms with van der Waals surface area (Å²) in [5.41, 5.74) is 2.01. The predicted octanol–water partition coefficient (Wildman–Crippen LogP) is 3.19. The Morgan fingerprint density at radius 2 is 2.15 bits per heavy atom. The highest BCUT2D eigenvalue weighted by molar-refractivity contribution is 6.05. The number of methoxy groups -OCH3 is 1. The molecule has 1 aliphatic heterocycles. The summed E-state index contributed by atoms with van der Waals surface area (Å²) in [7, 11) is 1.62. The fourth-order valence-corrected chi connectivity index (χ4v) is 3.64. The highest BCUT2D eigenvalue weighted by Gasteiger charge is 2.46. The molecule has 7 nitrogen and oxygen atoms in total. The van der Waals surface area contributed by atoms with Crippen LogP contribution >= 0.6 is 0 Å². The molecule has 1 aromatic carbocycles. The van der Waals surface area contributed by atoms with E-state index in [-0.39, 0.29) is 6.10 Å². The van der Waals surface area contributed by atoms with E-state index in [4.69, 9.17) is 19.5 Å². The van der Waals surface area contributed by atoms with E-state index in [0.29, 0.717) is 30.1 Å². The SMILES string of the molecule is CCCC1(C(=O)NO)CC(c2ccc(OC)c(OC3CCCC3)c2)=NO1. The summed E-state index contributed by atoms with van der Waals surface area (Å²) in [5.74, 6) is 0.779. The topological polar surface area (TPSA) is 89.4 Å². The van der Waals surface area contributed by atoms with E-state index in [1.54, 1.807) is 12.6 Å². The first-order valence-electron chi connectivity index (χ1n) is 9.16. The van der Waals surface area contributed by atoms with Crippen LogP contribution in [0, 0.1) is 0 Å². The molecule has 1 atom stereocenters. The van der Waals surface area contributed by atoms with Gasteiger partial charge in [0.25, 0.3) is 5.91 Å². The molecule has 142 valence electrons. The van der Waals surface area contributed by atoms with Gasteiger partial charge in [-0.3, -0.25) is 10.0 Å². The minimum Gasteiger partial charge on any atom is -0.493 e.